The maximum Gasteiger partial charge on any atom is 0.221 e. The Morgan fingerprint density at radius 2 is 2.35 bits per heavy atom. The third kappa shape index (κ3) is 3.26. The molecule has 1 fully saturated rings. The third-order valence-electron chi connectivity index (χ3n) is 2.84. The van der Waals surface area contributed by atoms with Gasteiger partial charge in [-0.1, -0.05) is 20.8 Å². The fraction of sp³-hybridized carbons (Fsp3) is 0.667. The van der Waals surface area contributed by atoms with Crippen molar-refractivity contribution in [1.29, 1.82) is 0 Å². The Bertz CT molecular complexity index is 408. The molecule has 2 N–H and O–H groups in total. The molecule has 1 aliphatic rings. The van der Waals surface area contributed by atoms with Crippen molar-refractivity contribution in [3.8, 4) is 0 Å². The molecule has 0 radical (unpaired) electrons. The van der Waals surface area contributed by atoms with Crippen LogP contribution in [0.3, 0.4) is 0 Å². The third-order valence-corrected chi connectivity index (χ3v) is 3.69. The quantitative estimate of drug-likeness (QED) is 0.856. The Morgan fingerprint density at radius 1 is 1.59 bits per heavy atom. The van der Waals surface area contributed by atoms with E-state index in [4.69, 9.17) is 0 Å². The van der Waals surface area contributed by atoms with E-state index in [1.54, 1.807) is 11.3 Å². The van der Waals surface area contributed by atoms with Crippen LogP contribution in [0.5, 0.6) is 0 Å². The molecule has 5 heteroatoms. The zero-order chi connectivity index (χ0) is 12.5. The SMILES string of the molecule is CC(C)(C)c1csc(CNC2CNC(=O)C2)n1. The molecule has 2 rings (SSSR count). The van der Waals surface area contributed by atoms with E-state index in [1.165, 1.54) is 0 Å². The molecule has 17 heavy (non-hydrogen) atoms. The molecule has 1 aliphatic heterocycles. The maximum atomic E-state index is 11.0. The molecule has 0 aliphatic carbocycles. The van der Waals surface area contributed by atoms with Gasteiger partial charge in [-0.05, 0) is 0 Å². The predicted octanol–water partition coefficient (Wildman–Crippen LogP) is 1.42. The summed E-state index contributed by atoms with van der Waals surface area (Å²) in [5.74, 6) is 0.136. The lowest BCUT2D eigenvalue weighted by Crippen LogP contribution is -2.30. The highest BCUT2D eigenvalue weighted by molar-refractivity contribution is 7.09. The van der Waals surface area contributed by atoms with Gasteiger partial charge in [-0.25, -0.2) is 4.98 Å². The lowest BCUT2D eigenvalue weighted by molar-refractivity contribution is -0.119. The highest BCUT2D eigenvalue weighted by Crippen LogP contribution is 2.23. The first-order chi connectivity index (χ1) is 7.95. The van der Waals surface area contributed by atoms with Gasteiger partial charge in [0.25, 0.3) is 0 Å². The van der Waals surface area contributed by atoms with Crippen LogP contribution in [0.25, 0.3) is 0 Å². The van der Waals surface area contributed by atoms with Crippen LogP contribution in [0.1, 0.15) is 37.9 Å². The van der Waals surface area contributed by atoms with Crippen LogP contribution in [-0.4, -0.2) is 23.5 Å². The second kappa shape index (κ2) is 4.74. The Morgan fingerprint density at radius 3 is 2.88 bits per heavy atom. The minimum absolute atomic E-state index is 0.111. The van der Waals surface area contributed by atoms with Crippen LogP contribution < -0.4 is 10.6 Å². The molecule has 1 aromatic rings. The van der Waals surface area contributed by atoms with E-state index < -0.39 is 0 Å². The fourth-order valence-corrected chi connectivity index (χ4v) is 2.69. The number of aromatic nitrogens is 1. The molecule has 1 aromatic heterocycles. The second-order valence-corrected chi connectivity index (χ2v) is 6.41. The molecule has 1 atom stereocenters. The topological polar surface area (TPSA) is 54.0 Å². The number of hydrogen-bond donors (Lipinski definition) is 2. The summed E-state index contributed by atoms with van der Waals surface area (Å²) in [6.07, 6.45) is 0.581. The van der Waals surface area contributed by atoms with Gasteiger partial charge in [0.2, 0.25) is 5.91 Å². The number of carbonyl (C=O) groups is 1. The maximum absolute atomic E-state index is 11.0. The summed E-state index contributed by atoms with van der Waals surface area (Å²) in [5.41, 5.74) is 1.25. The van der Waals surface area contributed by atoms with Crippen LogP contribution >= 0.6 is 11.3 Å². The fourth-order valence-electron chi connectivity index (χ4n) is 1.72. The van der Waals surface area contributed by atoms with E-state index >= 15 is 0 Å². The molecular formula is C12H19N3OS. The Balaban J connectivity index is 1.87. The highest BCUT2D eigenvalue weighted by Gasteiger charge is 2.21. The van der Waals surface area contributed by atoms with E-state index in [0.717, 1.165) is 23.8 Å². The lowest BCUT2D eigenvalue weighted by atomic mass is 9.93. The average Bonchev–Trinajstić information content (AvgIpc) is 2.82. The van der Waals surface area contributed by atoms with Crippen molar-refractivity contribution in [1.82, 2.24) is 15.6 Å². The van der Waals surface area contributed by atoms with Gasteiger partial charge in [0.05, 0.1) is 5.69 Å². The van der Waals surface area contributed by atoms with Crippen molar-refractivity contribution in [2.75, 3.05) is 6.54 Å². The minimum atomic E-state index is 0.111. The van der Waals surface area contributed by atoms with Crippen LogP contribution in [0.15, 0.2) is 5.38 Å². The molecule has 0 aromatic carbocycles. The standard InChI is InChI=1S/C12H19N3OS/c1-12(2,3)9-7-17-11(15-9)6-13-8-4-10(16)14-5-8/h7-8,13H,4-6H2,1-3H3,(H,14,16). The number of amides is 1. The van der Waals surface area contributed by atoms with E-state index in [1.807, 2.05) is 0 Å². The number of thiazole rings is 1. The van der Waals surface area contributed by atoms with E-state index in [2.05, 4.69) is 41.8 Å². The first-order valence-electron chi connectivity index (χ1n) is 5.90. The number of carbonyl (C=O) groups excluding carboxylic acids is 1. The summed E-state index contributed by atoms with van der Waals surface area (Å²) in [4.78, 5) is 15.6. The zero-order valence-corrected chi connectivity index (χ0v) is 11.4. The average molecular weight is 253 g/mol. The molecule has 1 saturated heterocycles. The van der Waals surface area contributed by atoms with Gasteiger partial charge in [0.1, 0.15) is 5.01 Å². The summed E-state index contributed by atoms with van der Waals surface area (Å²) in [7, 11) is 0. The van der Waals surface area contributed by atoms with Crippen molar-refractivity contribution in [3.63, 3.8) is 0 Å². The first-order valence-corrected chi connectivity index (χ1v) is 6.78. The van der Waals surface area contributed by atoms with Crippen LogP contribution in [0.2, 0.25) is 0 Å². The number of nitrogens with zero attached hydrogens (tertiary/aromatic N) is 1. The van der Waals surface area contributed by atoms with E-state index in [9.17, 15) is 4.79 Å². The van der Waals surface area contributed by atoms with Crippen molar-refractivity contribution in [2.24, 2.45) is 0 Å². The first kappa shape index (κ1) is 12.5. The zero-order valence-electron chi connectivity index (χ0n) is 10.5. The van der Waals surface area contributed by atoms with Crippen LogP contribution in [0.4, 0.5) is 0 Å². The molecule has 2 heterocycles. The van der Waals surface area contributed by atoms with Gasteiger partial charge in [0.15, 0.2) is 0 Å². The summed E-state index contributed by atoms with van der Waals surface area (Å²) in [6, 6.07) is 0.254. The van der Waals surface area contributed by atoms with Gasteiger partial charge in [-0.15, -0.1) is 11.3 Å². The summed E-state index contributed by atoms with van der Waals surface area (Å²) < 4.78 is 0. The highest BCUT2D eigenvalue weighted by atomic mass is 32.1. The van der Waals surface area contributed by atoms with Gasteiger partial charge in [0, 0.05) is 36.3 Å². The van der Waals surface area contributed by atoms with Crippen molar-refractivity contribution < 1.29 is 4.79 Å². The summed E-state index contributed by atoms with van der Waals surface area (Å²) in [5, 5.41) is 9.39. The Kier molecular flexibility index (Phi) is 3.49. The predicted molar refractivity (Wildman–Crippen MR) is 69.1 cm³/mol. The van der Waals surface area contributed by atoms with E-state index in [0.29, 0.717) is 6.42 Å². The van der Waals surface area contributed by atoms with E-state index in [-0.39, 0.29) is 17.4 Å². The summed E-state index contributed by atoms with van der Waals surface area (Å²) in [6.45, 7) is 7.98. The van der Waals surface area contributed by atoms with Gasteiger partial charge >= 0.3 is 0 Å². The molecule has 1 unspecified atom stereocenters. The minimum Gasteiger partial charge on any atom is -0.354 e. The van der Waals surface area contributed by atoms with Gasteiger partial charge in [-0.3, -0.25) is 4.79 Å². The van der Waals surface area contributed by atoms with Crippen molar-refractivity contribution in [3.05, 3.63) is 16.1 Å². The molecule has 94 valence electrons. The van der Waals surface area contributed by atoms with Gasteiger partial charge < -0.3 is 10.6 Å². The number of rotatable bonds is 3. The largest absolute Gasteiger partial charge is 0.354 e. The molecular weight excluding hydrogens is 234 g/mol. The Labute approximate surface area is 106 Å². The van der Waals surface area contributed by atoms with Gasteiger partial charge in [-0.2, -0.15) is 0 Å². The molecule has 0 bridgehead atoms. The number of hydrogen-bond acceptors (Lipinski definition) is 4. The molecule has 4 nitrogen and oxygen atoms in total. The lowest BCUT2D eigenvalue weighted by Gasteiger charge is -2.14. The smallest absolute Gasteiger partial charge is 0.221 e. The van der Waals surface area contributed by atoms with Crippen molar-refractivity contribution in [2.45, 2.75) is 45.2 Å². The molecule has 0 saturated carbocycles. The molecule has 1 amide bonds. The van der Waals surface area contributed by atoms with Crippen molar-refractivity contribution >= 4 is 17.2 Å². The monoisotopic (exact) mass is 253 g/mol. The molecule has 0 spiro atoms. The van der Waals surface area contributed by atoms with Crippen LogP contribution in [-0.2, 0) is 16.8 Å². The number of nitrogens with one attached hydrogen (secondary N) is 2. The van der Waals surface area contributed by atoms with Crippen LogP contribution in [0, 0.1) is 0 Å². The second-order valence-electron chi connectivity index (χ2n) is 5.46. The Hall–Kier alpha value is -0.940. The normalized spacial score (nSPS) is 20.6. The summed E-state index contributed by atoms with van der Waals surface area (Å²) >= 11 is 1.68.